The molecule has 0 spiro atoms. The number of thiophene rings is 1. The first kappa shape index (κ1) is 11.4. The number of halogens is 3. The van der Waals surface area contributed by atoms with E-state index in [-0.39, 0.29) is 5.75 Å². The first-order valence-electron chi connectivity index (χ1n) is 4.32. The second-order valence-electron chi connectivity index (χ2n) is 2.85. The predicted molar refractivity (Wildman–Crippen MR) is 49.7 cm³/mol. The average Bonchev–Trinajstić information content (AvgIpc) is 2.52. The van der Waals surface area contributed by atoms with Gasteiger partial charge in [-0.1, -0.05) is 13.3 Å². The maximum Gasteiger partial charge on any atom is 0.420 e. The fourth-order valence-corrected chi connectivity index (χ4v) is 1.70. The highest BCUT2D eigenvalue weighted by Gasteiger charge is 2.35. The fourth-order valence-electron chi connectivity index (χ4n) is 0.930. The van der Waals surface area contributed by atoms with Crippen molar-refractivity contribution in [3.63, 3.8) is 0 Å². The van der Waals surface area contributed by atoms with Crippen LogP contribution in [0, 0.1) is 0 Å². The number of rotatable bonds is 4. The second kappa shape index (κ2) is 4.68. The Morgan fingerprint density at radius 3 is 2.64 bits per heavy atom. The van der Waals surface area contributed by atoms with Gasteiger partial charge in [-0.3, -0.25) is 0 Å². The molecule has 1 aromatic heterocycles. The molecule has 0 aliphatic rings. The van der Waals surface area contributed by atoms with E-state index in [9.17, 15) is 13.2 Å². The van der Waals surface area contributed by atoms with Gasteiger partial charge >= 0.3 is 6.18 Å². The van der Waals surface area contributed by atoms with Gasteiger partial charge in [0.05, 0.1) is 6.61 Å². The van der Waals surface area contributed by atoms with Gasteiger partial charge in [0.1, 0.15) is 11.3 Å². The zero-order chi connectivity index (χ0) is 10.6. The summed E-state index contributed by atoms with van der Waals surface area (Å²) in [6.07, 6.45) is -2.62. The molecular weight excluding hydrogens is 213 g/mol. The Morgan fingerprint density at radius 1 is 1.36 bits per heavy atom. The summed E-state index contributed by atoms with van der Waals surface area (Å²) in [5, 5.41) is 2.46. The van der Waals surface area contributed by atoms with E-state index >= 15 is 0 Å². The quantitative estimate of drug-likeness (QED) is 0.704. The van der Waals surface area contributed by atoms with Crippen LogP contribution in [0.4, 0.5) is 13.2 Å². The van der Waals surface area contributed by atoms with Gasteiger partial charge in [0, 0.05) is 10.8 Å². The zero-order valence-corrected chi connectivity index (χ0v) is 8.54. The van der Waals surface area contributed by atoms with Gasteiger partial charge in [0.2, 0.25) is 0 Å². The molecule has 14 heavy (non-hydrogen) atoms. The molecule has 0 bridgehead atoms. The minimum atomic E-state index is -4.30. The van der Waals surface area contributed by atoms with Crippen LogP contribution < -0.4 is 4.74 Å². The summed E-state index contributed by atoms with van der Waals surface area (Å²) in [7, 11) is 0. The molecule has 0 aliphatic heterocycles. The Bertz CT molecular complexity index is 280. The van der Waals surface area contributed by atoms with E-state index in [4.69, 9.17) is 4.74 Å². The predicted octanol–water partition coefficient (Wildman–Crippen LogP) is 3.95. The Labute approximate surface area is 84.5 Å². The molecular formula is C9H11F3OS. The van der Waals surface area contributed by atoms with Crippen molar-refractivity contribution in [3.05, 3.63) is 16.3 Å². The topological polar surface area (TPSA) is 9.23 Å². The molecule has 0 atom stereocenters. The van der Waals surface area contributed by atoms with E-state index < -0.39 is 11.7 Å². The largest absolute Gasteiger partial charge is 0.492 e. The smallest absolute Gasteiger partial charge is 0.420 e. The van der Waals surface area contributed by atoms with Crippen molar-refractivity contribution in [2.75, 3.05) is 6.61 Å². The molecule has 0 aliphatic carbocycles. The third-order valence-electron chi connectivity index (χ3n) is 1.69. The van der Waals surface area contributed by atoms with Crippen molar-refractivity contribution in [2.45, 2.75) is 25.9 Å². The van der Waals surface area contributed by atoms with E-state index in [1.165, 1.54) is 5.38 Å². The van der Waals surface area contributed by atoms with Gasteiger partial charge in [-0.25, -0.2) is 0 Å². The Morgan fingerprint density at radius 2 is 2.07 bits per heavy atom. The molecule has 5 heteroatoms. The first-order valence-corrected chi connectivity index (χ1v) is 5.26. The minimum Gasteiger partial charge on any atom is -0.492 e. The van der Waals surface area contributed by atoms with Crippen LogP contribution >= 0.6 is 11.3 Å². The van der Waals surface area contributed by atoms with Crippen molar-refractivity contribution in [1.29, 1.82) is 0 Å². The summed E-state index contributed by atoms with van der Waals surface area (Å²) < 4.78 is 42.0. The SMILES string of the molecule is CCCCOc1cscc1C(F)(F)F. The van der Waals surface area contributed by atoms with E-state index in [1.54, 1.807) is 0 Å². The summed E-state index contributed by atoms with van der Waals surface area (Å²) in [6, 6.07) is 0. The molecule has 0 N–H and O–H groups in total. The Kier molecular flexibility index (Phi) is 3.80. The van der Waals surface area contributed by atoms with Gasteiger partial charge in [-0.05, 0) is 6.42 Å². The number of alkyl halides is 3. The number of hydrogen-bond donors (Lipinski definition) is 0. The molecule has 1 aromatic rings. The summed E-state index contributed by atoms with van der Waals surface area (Å²) in [4.78, 5) is 0. The van der Waals surface area contributed by atoms with Gasteiger partial charge < -0.3 is 4.74 Å². The van der Waals surface area contributed by atoms with E-state index in [2.05, 4.69) is 0 Å². The number of ether oxygens (including phenoxy) is 1. The fraction of sp³-hybridized carbons (Fsp3) is 0.556. The van der Waals surface area contributed by atoms with Crippen LogP contribution in [-0.4, -0.2) is 6.61 Å². The summed E-state index contributed by atoms with van der Waals surface area (Å²) in [5.74, 6) is -0.0454. The van der Waals surface area contributed by atoms with Crippen LogP contribution in [0.3, 0.4) is 0 Å². The summed E-state index contributed by atoms with van der Waals surface area (Å²) >= 11 is 1.01. The molecule has 0 aromatic carbocycles. The second-order valence-corrected chi connectivity index (χ2v) is 3.59. The Hall–Kier alpha value is -0.710. The standard InChI is InChI=1S/C9H11F3OS/c1-2-3-4-13-8-6-14-5-7(8)9(10,11)12/h5-6H,2-4H2,1H3. The van der Waals surface area contributed by atoms with Gasteiger partial charge in [-0.15, -0.1) is 11.3 Å². The Balaban J connectivity index is 2.63. The molecule has 1 rings (SSSR count). The monoisotopic (exact) mass is 224 g/mol. The maximum absolute atomic E-state index is 12.3. The third kappa shape index (κ3) is 2.90. The van der Waals surface area contributed by atoms with Gasteiger partial charge in [-0.2, -0.15) is 13.2 Å². The highest BCUT2D eigenvalue weighted by molar-refractivity contribution is 7.08. The number of unbranched alkanes of at least 4 members (excludes halogenated alkanes) is 1. The molecule has 0 unspecified atom stereocenters. The molecule has 0 saturated carbocycles. The van der Waals surface area contributed by atoms with Gasteiger partial charge in [0.25, 0.3) is 0 Å². The molecule has 1 nitrogen and oxygen atoms in total. The highest BCUT2D eigenvalue weighted by atomic mass is 32.1. The van der Waals surface area contributed by atoms with Crippen LogP contribution in [0.1, 0.15) is 25.3 Å². The van der Waals surface area contributed by atoms with Crippen molar-refractivity contribution < 1.29 is 17.9 Å². The lowest BCUT2D eigenvalue weighted by Gasteiger charge is -2.08. The van der Waals surface area contributed by atoms with Crippen LogP contribution in [0.25, 0.3) is 0 Å². The normalized spacial score (nSPS) is 11.7. The molecule has 0 radical (unpaired) electrons. The summed E-state index contributed by atoms with van der Waals surface area (Å²) in [5.41, 5.74) is -0.668. The molecule has 80 valence electrons. The molecule has 0 amide bonds. The van der Waals surface area contributed by atoms with Gasteiger partial charge in [0.15, 0.2) is 0 Å². The van der Waals surface area contributed by atoms with Crippen molar-refractivity contribution in [2.24, 2.45) is 0 Å². The van der Waals surface area contributed by atoms with Crippen molar-refractivity contribution >= 4 is 11.3 Å². The van der Waals surface area contributed by atoms with Crippen molar-refractivity contribution in [1.82, 2.24) is 0 Å². The minimum absolute atomic E-state index is 0.0454. The average molecular weight is 224 g/mol. The van der Waals surface area contributed by atoms with Crippen LogP contribution in [0.5, 0.6) is 5.75 Å². The lowest BCUT2D eigenvalue weighted by Crippen LogP contribution is -2.06. The highest BCUT2D eigenvalue weighted by Crippen LogP contribution is 2.38. The summed E-state index contributed by atoms with van der Waals surface area (Å²) in [6.45, 7) is 2.30. The van der Waals surface area contributed by atoms with E-state index in [0.717, 1.165) is 29.6 Å². The third-order valence-corrected chi connectivity index (χ3v) is 2.41. The molecule has 0 saturated heterocycles. The van der Waals surface area contributed by atoms with E-state index in [1.807, 2.05) is 6.92 Å². The zero-order valence-electron chi connectivity index (χ0n) is 7.73. The lowest BCUT2D eigenvalue weighted by atomic mass is 10.3. The lowest BCUT2D eigenvalue weighted by molar-refractivity contribution is -0.138. The number of hydrogen-bond acceptors (Lipinski definition) is 2. The van der Waals surface area contributed by atoms with Crippen LogP contribution in [-0.2, 0) is 6.18 Å². The van der Waals surface area contributed by atoms with E-state index in [0.29, 0.717) is 6.61 Å². The first-order chi connectivity index (χ1) is 6.55. The molecule has 0 fully saturated rings. The molecule has 1 heterocycles. The van der Waals surface area contributed by atoms with Crippen LogP contribution in [0.15, 0.2) is 10.8 Å². The van der Waals surface area contributed by atoms with Crippen molar-refractivity contribution in [3.8, 4) is 5.75 Å². The van der Waals surface area contributed by atoms with Crippen LogP contribution in [0.2, 0.25) is 0 Å². The maximum atomic E-state index is 12.3.